The van der Waals surface area contributed by atoms with Crippen LogP contribution in [0, 0.1) is 22.7 Å². The zero-order valence-electron chi connectivity index (χ0n) is 19.7. The van der Waals surface area contributed by atoms with Gasteiger partial charge in [-0.15, -0.1) is 0 Å². The van der Waals surface area contributed by atoms with E-state index in [0.29, 0.717) is 47.0 Å². The molecule has 172 valence electrons. The van der Waals surface area contributed by atoms with Gasteiger partial charge in [-0.05, 0) is 43.2 Å². The molecule has 2 aliphatic rings. The van der Waals surface area contributed by atoms with E-state index in [1.54, 1.807) is 19.2 Å². The predicted molar refractivity (Wildman–Crippen MR) is 123 cm³/mol. The summed E-state index contributed by atoms with van der Waals surface area (Å²) in [6.45, 7) is 9.02. The summed E-state index contributed by atoms with van der Waals surface area (Å²) in [6, 6.07) is 4.83. The van der Waals surface area contributed by atoms with Crippen LogP contribution in [-0.4, -0.2) is 26.6 Å². The Hall–Kier alpha value is -2.76. The van der Waals surface area contributed by atoms with Gasteiger partial charge < -0.3 is 18.6 Å². The van der Waals surface area contributed by atoms with Gasteiger partial charge in [0.15, 0.2) is 11.3 Å². The molecule has 1 fully saturated rings. The Morgan fingerprint density at radius 2 is 1.84 bits per heavy atom. The van der Waals surface area contributed by atoms with Gasteiger partial charge in [0.1, 0.15) is 5.78 Å². The van der Waals surface area contributed by atoms with Crippen LogP contribution in [0.1, 0.15) is 47.0 Å². The van der Waals surface area contributed by atoms with E-state index in [1.165, 1.54) is 18.7 Å². The molecule has 0 aliphatic heterocycles. The summed E-state index contributed by atoms with van der Waals surface area (Å²) in [7, 11) is 3.09. The summed E-state index contributed by atoms with van der Waals surface area (Å²) >= 11 is 0. The summed E-state index contributed by atoms with van der Waals surface area (Å²) in [6.07, 6.45) is 4.61. The lowest BCUT2D eigenvalue weighted by molar-refractivity contribution is -0.143. The monoisotopic (exact) mass is 440 g/mol. The van der Waals surface area contributed by atoms with E-state index in [2.05, 4.69) is 33.8 Å². The lowest BCUT2D eigenvalue weighted by Gasteiger charge is -2.55. The zero-order valence-corrected chi connectivity index (χ0v) is 19.7. The Kier molecular flexibility index (Phi) is 5.60. The molecule has 0 unspecified atom stereocenters. The van der Waals surface area contributed by atoms with E-state index in [0.717, 1.165) is 12.8 Å². The van der Waals surface area contributed by atoms with Crippen LogP contribution < -0.4 is 19.8 Å². The molecule has 0 bridgehead atoms. The average molecular weight is 441 g/mol. The second-order valence-electron chi connectivity index (χ2n) is 9.86. The van der Waals surface area contributed by atoms with E-state index < -0.39 is 5.63 Å². The van der Waals surface area contributed by atoms with Gasteiger partial charge in [0.2, 0.25) is 11.5 Å². The first-order valence-corrected chi connectivity index (χ1v) is 11.1. The number of ether oxygens (including phenoxy) is 3. The fourth-order valence-electron chi connectivity index (χ4n) is 5.95. The number of hydrogen-bond donors (Lipinski definition) is 0. The van der Waals surface area contributed by atoms with Gasteiger partial charge >= 0.3 is 5.63 Å². The number of benzene rings is 1. The van der Waals surface area contributed by atoms with E-state index in [9.17, 15) is 9.59 Å². The third-order valence-corrected chi connectivity index (χ3v) is 7.90. The number of Topliss-reactive ketones (excluding diaryl/α,β-unsaturated/α-hetero) is 1. The van der Waals surface area contributed by atoms with Gasteiger partial charge in [-0.1, -0.05) is 32.4 Å². The van der Waals surface area contributed by atoms with Crippen LogP contribution in [0.4, 0.5) is 0 Å². The molecular formula is C26H32O6. The Bertz CT molecular complexity index is 1140. The van der Waals surface area contributed by atoms with Crippen LogP contribution in [0.2, 0.25) is 0 Å². The summed E-state index contributed by atoms with van der Waals surface area (Å²) in [5.74, 6) is 2.02. The lowest BCUT2D eigenvalue weighted by Crippen LogP contribution is -2.53. The molecular weight excluding hydrogens is 408 g/mol. The molecule has 6 heteroatoms. The van der Waals surface area contributed by atoms with Crippen LogP contribution in [0.25, 0.3) is 11.0 Å². The molecule has 4 rings (SSSR count). The van der Waals surface area contributed by atoms with E-state index in [1.807, 2.05) is 0 Å². The third kappa shape index (κ3) is 3.40. The van der Waals surface area contributed by atoms with Crippen LogP contribution >= 0.6 is 0 Å². The lowest BCUT2D eigenvalue weighted by atomic mass is 9.48. The number of methoxy groups -OCH3 is 2. The first kappa shape index (κ1) is 22.4. The molecule has 32 heavy (non-hydrogen) atoms. The quantitative estimate of drug-likeness (QED) is 0.472. The van der Waals surface area contributed by atoms with Crippen molar-refractivity contribution < 1.29 is 23.4 Å². The first-order chi connectivity index (χ1) is 15.1. The standard InChI is InChI=1S/C26H32O6/c1-15-7-9-19-25(2,3)20(27)11-12-26(19,4)17(15)14-31-23-18(29-5)13-16-8-10-21(28)32-22(16)24(23)30-6/h7-8,10,13,17,19H,9,11-12,14H2,1-6H3/t17-,19+,26-/m1/s1. The van der Waals surface area contributed by atoms with Gasteiger partial charge in [-0.2, -0.15) is 0 Å². The van der Waals surface area contributed by atoms with Crippen LogP contribution in [-0.2, 0) is 4.79 Å². The number of fused-ring (bicyclic) bond motifs is 2. The minimum atomic E-state index is -0.456. The normalized spacial score (nSPS) is 26.9. The molecule has 0 spiro atoms. The maximum absolute atomic E-state index is 12.7. The van der Waals surface area contributed by atoms with Crippen molar-refractivity contribution in [2.75, 3.05) is 20.8 Å². The SMILES string of the molecule is COc1cc2ccc(=O)oc2c(OC)c1OC[C@@H]1C(C)=CC[C@H]2C(C)(C)C(=O)CC[C@]12C. The van der Waals surface area contributed by atoms with Crippen molar-refractivity contribution in [3.8, 4) is 17.2 Å². The molecule has 3 atom stereocenters. The highest BCUT2D eigenvalue weighted by atomic mass is 16.5. The Morgan fingerprint density at radius 3 is 2.53 bits per heavy atom. The van der Waals surface area contributed by atoms with Gasteiger partial charge in [0, 0.05) is 29.2 Å². The summed E-state index contributed by atoms with van der Waals surface area (Å²) in [5.41, 5.74) is 0.742. The summed E-state index contributed by atoms with van der Waals surface area (Å²) < 4.78 is 23.0. The Labute approximate surface area is 188 Å². The van der Waals surface area contributed by atoms with Crippen molar-refractivity contribution in [1.82, 2.24) is 0 Å². The highest BCUT2D eigenvalue weighted by Gasteiger charge is 2.55. The van der Waals surface area contributed by atoms with Gasteiger partial charge in [-0.25, -0.2) is 4.79 Å². The van der Waals surface area contributed by atoms with Gasteiger partial charge in [0.05, 0.1) is 20.8 Å². The fourth-order valence-corrected chi connectivity index (χ4v) is 5.95. The molecule has 2 aliphatic carbocycles. The molecule has 0 amide bonds. The predicted octanol–water partition coefficient (Wildman–Crippen LogP) is 5.17. The zero-order chi connectivity index (χ0) is 23.3. The number of carbonyl (C=O) groups excluding carboxylic acids is 1. The maximum atomic E-state index is 12.7. The topological polar surface area (TPSA) is 75.0 Å². The highest BCUT2D eigenvalue weighted by molar-refractivity contribution is 5.88. The molecule has 2 aromatic rings. The van der Waals surface area contributed by atoms with Crippen molar-refractivity contribution in [3.63, 3.8) is 0 Å². The largest absolute Gasteiger partial charge is 0.493 e. The summed E-state index contributed by atoms with van der Waals surface area (Å²) in [5, 5.41) is 0.693. The molecule has 1 aromatic heterocycles. The van der Waals surface area contributed by atoms with E-state index in [-0.39, 0.29) is 22.7 Å². The van der Waals surface area contributed by atoms with Gasteiger partial charge in [-0.3, -0.25) is 4.79 Å². The van der Waals surface area contributed by atoms with Crippen molar-refractivity contribution in [2.45, 2.75) is 47.0 Å². The first-order valence-electron chi connectivity index (χ1n) is 11.1. The minimum absolute atomic E-state index is 0.0554. The molecule has 0 N–H and O–H groups in total. The highest BCUT2D eigenvalue weighted by Crippen LogP contribution is 2.58. The van der Waals surface area contributed by atoms with Crippen molar-refractivity contribution in [2.24, 2.45) is 22.7 Å². The summed E-state index contributed by atoms with van der Waals surface area (Å²) in [4.78, 5) is 24.5. The Balaban J connectivity index is 1.73. The second kappa shape index (κ2) is 7.98. The maximum Gasteiger partial charge on any atom is 0.336 e. The smallest absolute Gasteiger partial charge is 0.336 e. The molecule has 0 radical (unpaired) electrons. The molecule has 6 nitrogen and oxygen atoms in total. The molecule has 0 saturated heterocycles. The van der Waals surface area contributed by atoms with Crippen molar-refractivity contribution >= 4 is 16.8 Å². The third-order valence-electron chi connectivity index (χ3n) is 7.90. The number of hydrogen-bond acceptors (Lipinski definition) is 6. The van der Waals surface area contributed by atoms with Crippen molar-refractivity contribution in [1.29, 1.82) is 0 Å². The van der Waals surface area contributed by atoms with Crippen molar-refractivity contribution in [3.05, 3.63) is 40.3 Å². The molecule has 1 saturated carbocycles. The van der Waals surface area contributed by atoms with Gasteiger partial charge in [0.25, 0.3) is 0 Å². The van der Waals surface area contributed by atoms with Crippen LogP contribution in [0.15, 0.2) is 39.1 Å². The number of rotatable bonds is 5. The average Bonchev–Trinajstić information content (AvgIpc) is 2.75. The Morgan fingerprint density at radius 1 is 1.09 bits per heavy atom. The number of carbonyl (C=O) groups is 1. The fraction of sp³-hybridized carbons (Fsp3) is 0.538. The molecule has 1 aromatic carbocycles. The number of allylic oxidation sites excluding steroid dienone is 1. The van der Waals surface area contributed by atoms with Crippen LogP contribution in [0.5, 0.6) is 17.2 Å². The second-order valence-corrected chi connectivity index (χ2v) is 9.86. The molecule has 1 heterocycles. The van der Waals surface area contributed by atoms with Crippen LogP contribution in [0.3, 0.4) is 0 Å². The van der Waals surface area contributed by atoms with E-state index >= 15 is 0 Å². The van der Waals surface area contributed by atoms with E-state index in [4.69, 9.17) is 18.6 Å². The minimum Gasteiger partial charge on any atom is -0.493 e. The number of ketones is 1.